The number of benzene rings is 2. The first-order valence-electron chi connectivity index (χ1n) is 14.9. The quantitative estimate of drug-likeness (QED) is 0.404. The zero-order valence-corrected chi connectivity index (χ0v) is 24.7. The molecule has 224 valence electrons. The van der Waals surface area contributed by atoms with Crippen LogP contribution in [0.2, 0.25) is 0 Å². The molecule has 5 rings (SSSR count). The highest BCUT2D eigenvalue weighted by Crippen LogP contribution is 2.27. The Kier molecular flexibility index (Phi) is 9.35. The highest BCUT2D eigenvalue weighted by molar-refractivity contribution is 5.93. The van der Waals surface area contributed by atoms with Crippen molar-refractivity contribution in [1.82, 2.24) is 24.3 Å². The summed E-state index contributed by atoms with van der Waals surface area (Å²) in [6.45, 7) is 7.75. The molecule has 0 spiro atoms. The Labute approximate surface area is 246 Å². The second-order valence-electron chi connectivity index (χ2n) is 12.0. The molecule has 2 saturated heterocycles. The summed E-state index contributed by atoms with van der Waals surface area (Å²) in [4.78, 5) is 49.6. The molecule has 2 fully saturated rings. The van der Waals surface area contributed by atoms with Gasteiger partial charge >= 0.3 is 0 Å². The average Bonchev–Trinajstić information content (AvgIpc) is 2.99. The van der Waals surface area contributed by atoms with Crippen molar-refractivity contribution in [3.05, 3.63) is 70.8 Å². The molecule has 0 bridgehead atoms. The van der Waals surface area contributed by atoms with Crippen LogP contribution in [0.25, 0.3) is 10.9 Å². The molecule has 1 unspecified atom stereocenters. The number of likely N-dealkylation sites (N-methyl/N-ethyl adjacent to an activating group) is 1. The van der Waals surface area contributed by atoms with Gasteiger partial charge in [0.15, 0.2) is 0 Å². The maximum Gasteiger partial charge on any atom is 0.261 e. The van der Waals surface area contributed by atoms with E-state index in [2.05, 4.69) is 34.1 Å². The summed E-state index contributed by atoms with van der Waals surface area (Å²) < 4.78 is 1.45. The minimum Gasteiger partial charge on any atom is -0.388 e. The number of carbonyl (C=O) groups is 2. The van der Waals surface area contributed by atoms with Crippen LogP contribution in [0.1, 0.15) is 44.1 Å². The molecule has 3 aromatic rings. The van der Waals surface area contributed by atoms with Gasteiger partial charge in [-0.15, -0.1) is 0 Å². The van der Waals surface area contributed by atoms with Gasteiger partial charge in [-0.05, 0) is 49.6 Å². The zero-order valence-electron chi connectivity index (χ0n) is 24.7. The Morgan fingerprint density at radius 1 is 1.02 bits per heavy atom. The summed E-state index contributed by atoms with van der Waals surface area (Å²) in [6, 6.07) is 15.1. The van der Waals surface area contributed by atoms with Crippen LogP contribution in [0.5, 0.6) is 0 Å². The number of hydrogen-bond acceptors (Lipinski definition) is 7. The predicted octanol–water partition coefficient (Wildman–Crippen LogP) is 2.52. The topological polar surface area (TPSA) is 111 Å². The van der Waals surface area contributed by atoms with E-state index in [-0.39, 0.29) is 29.8 Å². The standard InChI is InChI=1S/C32H42N6O4/c1-24(25-6-4-3-5-7-25)20-30(40)37-14-11-32(42,12-15-37)22-38-23-33-28-21-26(8-9-27(28)31(38)41)34-29(39)10-13-36-18-16-35(2)17-19-36/h3-9,21,23-24,42H,10-20,22H2,1-2H3,(H,34,39). The fourth-order valence-electron chi connectivity index (χ4n) is 5.84. The van der Waals surface area contributed by atoms with E-state index >= 15 is 0 Å². The molecular weight excluding hydrogens is 532 g/mol. The van der Waals surface area contributed by atoms with E-state index in [9.17, 15) is 19.5 Å². The first kappa shape index (κ1) is 29.9. The van der Waals surface area contributed by atoms with Gasteiger partial charge in [-0.2, -0.15) is 0 Å². The van der Waals surface area contributed by atoms with E-state index in [1.807, 2.05) is 35.2 Å². The van der Waals surface area contributed by atoms with Crippen LogP contribution in [-0.4, -0.2) is 99.6 Å². The van der Waals surface area contributed by atoms with Crippen molar-refractivity contribution in [2.45, 2.75) is 50.7 Å². The van der Waals surface area contributed by atoms with Crippen LogP contribution in [-0.2, 0) is 16.1 Å². The monoisotopic (exact) mass is 574 g/mol. The molecule has 2 amide bonds. The maximum absolute atomic E-state index is 13.3. The van der Waals surface area contributed by atoms with Crippen molar-refractivity contribution in [3.8, 4) is 0 Å². The lowest BCUT2D eigenvalue weighted by molar-refractivity contribution is -0.136. The molecule has 42 heavy (non-hydrogen) atoms. The van der Waals surface area contributed by atoms with Crippen LogP contribution >= 0.6 is 0 Å². The molecular formula is C32H42N6O4. The smallest absolute Gasteiger partial charge is 0.261 e. The minimum absolute atomic E-state index is 0.0665. The molecule has 3 heterocycles. The number of piperazine rings is 1. The predicted molar refractivity (Wildman–Crippen MR) is 163 cm³/mol. The van der Waals surface area contributed by atoms with Gasteiger partial charge in [0.25, 0.3) is 5.56 Å². The first-order chi connectivity index (χ1) is 20.2. The Hall–Kier alpha value is -3.60. The van der Waals surface area contributed by atoms with Crippen molar-refractivity contribution in [3.63, 3.8) is 0 Å². The highest BCUT2D eigenvalue weighted by Gasteiger charge is 2.35. The Bertz CT molecular complexity index is 1440. The third kappa shape index (κ3) is 7.42. The summed E-state index contributed by atoms with van der Waals surface area (Å²) in [5.74, 6) is 0.140. The number of aromatic nitrogens is 2. The second kappa shape index (κ2) is 13.1. The third-order valence-electron chi connectivity index (χ3n) is 8.72. The van der Waals surface area contributed by atoms with Crippen LogP contribution in [0, 0.1) is 0 Å². The van der Waals surface area contributed by atoms with Crippen LogP contribution in [0.15, 0.2) is 59.7 Å². The van der Waals surface area contributed by atoms with Crippen molar-refractivity contribution in [1.29, 1.82) is 0 Å². The number of nitrogens with one attached hydrogen (secondary N) is 1. The highest BCUT2D eigenvalue weighted by atomic mass is 16.3. The lowest BCUT2D eigenvalue weighted by Crippen LogP contribution is -2.49. The molecule has 2 aliphatic rings. The number of carbonyl (C=O) groups excluding carboxylic acids is 2. The number of likely N-dealkylation sites (tertiary alicyclic amines) is 1. The molecule has 0 saturated carbocycles. The summed E-state index contributed by atoms with van der Waals surface area (Å²) in [5.41, 5.74) is 0.897. The number of piperidine rings is 1. The normalized spacial score (nSPS) is 18.6. The summed E-state index contributed by atoms with van der Waals surface area (Å²) in [5, 5.41) is 14.7. The molecule has 0 radical (unpaired) electrons. The van der Waals surface area contributed by atoms with Gasteiger partial charge < -0.3 is 25.1 Å². The maximum atomic E-state index is 13.3. The van der Waals surface area contributed by atoms with Gasteiger partial charge in [-0.1, -0.05) is 37.3 Å². The number of anilines is 1. The van der Waals surface area contributed by atoms with E-state index in [4.69, 9.17) is 0 Å². The van der Waals surface area contributed by atoms with Crippen molar-refractivity contribution in [2.75, 3.05) is 58.2 Å². The average molecular weight is 575 g/mol. The van der Waals surface area contributed by atoms with Crippen LogP contribution in [0.4, 0.5) is 5.69 Å². The third-order valence-corrected chi connectivity index (χ3v) is 8.72. The summed E-state index contributed by atoms with van der Waals surface area (Å²) >= 11 is 0. The van der Waals surface area contributed by atoms with E-state index in [0.29, 0.717) is 55.4 Å². The van der Waals surface area contributed by atoms with E-state index in [1.165, 1.54) is 10.9 Å². The largest absolute Gasteiger partial charge is 0.388 e. The molecule has 2 aliphatic heterocycles. The van der Waals surface area contributed by atoms with Crippen LogP contribution < -0.4 is 10.9 Å². The van der Waals surface area contributed by atoms with Gasteiger partial charge in [0.1, 0.15) is 0 Å². The van der Waals surface area contributed by atoms with Gasteiger partial charge in [0.05, 0.1) is 29.4 Å². The van der Waals surface area contributed by atoms with Gasteiger partial charge in [-0.3, -0.25) is 19.0 Å². The van der Waals surface area contributed by atoms with Crippen molar-refractivity contribution >= 4 is 28.4 Å². The lowest BCUT2D eigenvalue weighted by atomic mass is 9.90. The molecule has 2 aromatic carbocycles. The Balaban J connectivity index is 1.14. The summed E-state index contributed by atoms with van der Waals surface area (Å²) in [7, 11) is 2.11. The molecule has 0 aliphatic carbocycles. The molecule has 10 heteroatoms. The number of amides is 2. The van der Waals surface area contributed by atoms with Crippen LogP contribution in [0.3, 0.4) is 0 Å². The molecule has 2 N–H and O–H groups in total. The van der Waals surface area contributed by atoms with Gasteiger partial charge in [0, 0.05) is 64.3 Å². The minimum atomic E-state index is -1.10. The molecule has 1 atom stereocenters. The summed E-state index contributed by atoms with van der Waals surface area (Å²) in [6.07, 6.45) is 3.07. The number of hydrogen-bond donors (Lipinski definition) is 2. The van der Waals surface area contributed by atoms with E-state index < -0.39 is 5.60 Å². The SMILES string of the molecule is CC(CC(=O)N1CCC(O)(Cn2cnc3cc(NC(=O)CCN4CCN(C)CC4)ccc3c2=O)CC1)c1ccccc1. The fraction of sp³-hybridized carbons (Fsp3) is 0.500. The Morgan fingerprint density at radius 2 is 1.74 bits per heavy atom. The van der Waals surface area contributed by atoms with Crippen molar-refractivity contribution in [2.24, 2.45) is 0 Å². The fourth-order valence-corrected chi connectivity index (χ4v) is 5.84. The zero-order chi connectivity index (χ0) is 29.7. The first-order valence-corrected chi connectivity index (χ1v) is 14.9. The second-order valence-corrected chi connectivity index (χ2v) is 12.0. The molecule has 10 nitrogen and oxygen atoms in total. The van der Waals surface area contributed by atoms with E-state index in [1.54, 1.807) is 18.2 Å². The number of nitrogens with zero attached hydrogens (tertiary/aromatic N) is 5. The van der Waals surface area contributed by atoms with Gasteiger partial charge in [0.2, 0.25) is 11.8 Å². The van der Waals surface area contributed by atoms with Crippen molar-refractivity contribution < 1.29 is 14.7 Å². The van der Waals surface area contributed by atoms with E-state index in [0.717, 1.165) is 38.3 Å². The number of fused-ring (bicyclic) bond motifs is 1. The Morgan fingerprint density at radius 3 is 2.45 bits per heavy atom. The van der Waals surface area contributed by atoms with Gasteiger partial charge in [-0.25, -0.2) is 4.98 Å². The number of aliphatic hydroxyl groups is 1. The number of rotatable bonds is 9. The lowest BCUT2D eigenvalue weighted by Gasteiger charge is -2.38. The molecule has 1 aromatic heterocycles.